The van der Waals surface area contributed by atoms with Crippen LogP contribution in [0.5, 0.6) is 0 Å². The molecule has 0 saturated heterocycles. The number of aliphatic imine (C=N–C) groups is 1. The quantitative estimate of drug-likeness (QED) is 0.325. The lowest BCUT2D eigenvalue weighted by molar-refractivity contribution is -0.384. The van der Waals surface area contributed by atoms with Gasteiger partial charge in [-0.05, 0) is 12.5 Å². The highest BCUT2D eigenvalue weighted by Crippen LogP contribution is 2.13. The topological polar surface area (TPSA) is 110 Å². The smallest absolute Gasteiger partial charge is 0.269 e. The van der Waals surface area contributed by atoms with Crippen LogP contribution in [-0.4, -0.2) is 38.7 Å². The van der Waals surface area contributed by atoms with Crippen LogP contribution in [0.4, 0.5) is 5.69 Å². The van der Waals surface area contributed by atoms with E-state index in [0.29, 0.717) is 19.0 Å². The van der Waals surface area contributed by atoms with Crippen LogP contribution in [0.1, 0.15) is 25.2 Å². The summed E-state index contributed by atoms with van der Waals surface area (Å²) < 4.78 is 2.00. The number of nitrogens with zero attached hydrogens (tertiary/aromatic N) is 5. The Morgan fingerprint density at radius 1 is 1.36 bits per heavy atom. The Bertz CT molecular complexity index is 727. The summed E-state index contributed by atoms with van der Waals surface area (Å²) in [5, 5.41) is 25.2. The third kappa shape index (κ3) is 5.55. The average Bonchev–Trinajstić information content (AvgIpc) is 3.07. The van der Waals surface area contributed by atoms with Gasteiger partial charge in [-0.15, -0.1) is 10.2 Å². The molecule has 0 spiro atoms. The molecule has 9 nitrogen and oxygen atoms in total. The maximum absolute atomic E-state index is 10.8. The van der Waals surface area contributed by atoms with E-state index >= 15 is 0 Å². The molecule has 1 heterocycles. The van der Waals surface area contributed by atoms with E-state index in [1.54, 1.807) is 12.4 Å². The molecule has 0 bridgehead atoms. The van der Waals surface area contributed by atoms with Crippen molar-refractivity contribution in [3.63, 3.8) is 0 Å². The van der Waals surface area contributed by atoms with Gasteiger partial charge in [0.1, 0.15) is 12.2 Å². The number of benzene rings is 1. The molecule has 0 saturated carbocycles. The van der Waals surface area contributed by atoms with E-state index in [0.717, 1.165) is 30.9 Å². The van der Waals surface area contributed by atoms with Gasteiger partial charge in [-0.3, -0.25) is 10.1 Å². The van der Waals surface area contributed by atoms with Gasteiger partial charge in [0.2, 0.25) is 0 Å². The zero-order chi connectivity index (χ0) is 18.1. The fourth-order valence-corrected chi connectivity index (χ4v) is 2.31. The van der Waals surface area contributed by atoms with E-state index in [-0.39, 0.29) is 5.69 Å². The van der Waals surface area contributed by atoms with E-state index in [1.807, 2.05) is 24.5 Å². The van der Waals surface area contributed by atoms with E-state index in [2.05, 4.69) is 25.8 Å². The summed E-state index contributed by atoms with van der Waals surface area (Å²) in [5.41, 5.74) is 0.865. The van der Waals surface area contributed by atoms with Crippen LogP contribution in [0.2, 0.25) is 0 Å². The van der Waals surface area contributed by atoms with E-state index in [9.17, 15) is 10.1 Å². The van der Waals surface area contributed by atoms with Crippen LogP contribution >= 0.6 is 0 Å². The molecule has 0 aliphatic carbocycles. The van der Waals surface area contributed by atoms with Crippen molar-refractivity contribution < 1.29 is 4.92 Å². The van der Waals surface area contributed by atoms with Crippen LogP contribution < -0.4 is 10.6 Å². The van der Waals surface area contributed by atoms with Gasteiger partial charge >= 0.3 is 0 Å². The first-order chi connectivity index (χ1) is 12.1. The van der Waals surface area contributed by atoms with E-state index < -0.39 is 4.92 Å². The van der Waals surface area contributed by atoms with Crippen LogP contribution in [0, 0.1) is 10.1 Å². The molecule has 0 amide bonds. The van der Waals surface area contributed by atoms with Crippen LogP contribution in [0.25, 0.3) is 0 Å². The summed E-state index contributed by atoms with van der Waals surface area (Å²) in [6.45, 7) is 6.53. The van der Waals surface area contributed by atoms with Crippen LogP contribution in [0.15, 0.2) is 35.6 Å². The Labute approximate surface area is 146 Å². The monoisotopic (exact) mass is 345 g/mol. The first-order valence-corrected chi connectivity index (χ1v) is 8.26. The number of non-ortho nitro benzene ring substituents is 1. The Morgan fingerprint density at radius 3 is 2.92 bits per heavy atom. The van der Waals surface area contributed by atoms with Crippen LogP contribution in [-0.2, 0) is 19.5 Å². The third-order valence-electron chi connectivity index (χ3n) is 3.54. The maximum Gasteiger partial charge on any atom is 0.269 e. The number of nitro benzene ring substituents is 1. The molecule has 2 rings (SSSR count). The predicted molar refractivity (Wildman–Crippen MR) is 95.3 cm³/mol. The Balaban J connectivity index is 1.94. The summed E-state index contributed by atoms with van der Waals surface area (Å²) in [6, 6.07) is 6.51. The highest BCUT2D eigenvalue weighted by atomic mass is 16.6. The van der Waals surface area contributed by atoms with Crippen molar-refractivity contribution in [2.75, 3.05) is 13.1 Å². The molecule has 0 aliphatic rings. The summed E-state index contributed by atoms with van der Waals surface area (Å²) >= 11 is 0. The minimum absolute atomic E-state index is 0.0744. The SMILES string of the molecule is CCNC(=NCc1cccc([N+](=O)[O-])c1)NCCn1cnnc1CC. The molecule has 2 N–H and O–H groups in total. The lowest BCUT2D eigenvalue weighted by Gasteiger charge is -2.12. The summed E-state index contributed by atoms with van der Waals surface area (Å²) in [5.74, 6) is 1.61. The van der Waals surface area contributed by atoms with Gasteiger partial charge in [-0.25, -0.2) is 4.99 Å². The minimum Gasteiger partial charge on any atom is -0.357 e. The van der Waals surface area contributed by atoms with Gasteiger partial charge in [0.15, 0.2) is 5.96 Å². The Hall–Kier alpha value is -2.97. The molecular formula is C16H23N7O2. The van der Waals surface area contributed by atoms with E-state index in [1.165, 1.54) is 12.1 Å². The maximum atomic E-state index is 10.8. The number of aromatic nitrogens is 3. The minimum atomic E-state index is -0.402. The molecule has 0 radical (unpaired) electrons. The highest BCUT2D eigenvalue weighted by Gasteiger charge is 2.06. The van der Waals surface area contributed by atoms with Crippen molar-refractivity contribution in [2.24, 2.45) is 4.99 Å². The lowest BCUT2D eigenvalue weighted by Crippen LogP contribution is -2.38. The van der Waals surface area contributed by atoms with Gasteiger partial charge in [0.25, 0.3) is 5.69 Å². The van der Waals surface area contributed by atoms with Gasteiger partial charge < -0.3 is 15.2 Å². The number of aryl methyl sites for hydroxylation is 1. The molecule has 0 unspecified atom stereocenters. The molecule has 134 valence electrons. The molecule has 9 heteroatoms. The molecular weight excluding hydrogens is 322 g/mol. The van der Waals surface area contributed by atoms with Crippen molar-refractivity contribution in [1.29, 1.82) is 0 Å². The van der Waals surface area contributed by atoms with Gasteiger partial charge in [-0.2, -0.15) is 0 Å². The summed E-state index contributed by atoms with van der Waals surface area (Å²) in [4.78, 5) is 14.9. The van der Waals surface area contributed by atoms with Crippen molar-refractivity contribution in [3.05, 3.63) is 52.1 Å². The molecule has 0 fully saturated rings. The van der Waals surface area contributed by atoms with Gasteiger partial charge in [0, 0.05) is 38.2 Å². The average molecular weight is 345 g/mol. The van der Waals surface area contributed by atoms with Crippen molar-refractivity contribution in [2.45, 2.75) is 33.4 Å². The second-order valence-electron chi connectivity index (χ2n) is 5.34. The van der Waals surface area contributed by atoms with Crippen molar-refractivity contribution in [1.82, 2.24) is 25.4 Å². The predicted octanol–water partition coefficient (Wildman–Crippen LogP) is 1.50. The number of rotatable bonds is 8. The fraction of sp³-hybridized carbons (Fsp3) is 0.438. The summed E-state index contributed by atoms with van der Waals surface area (Å²) in [6.07, 6.45) is 2.55. The zero-order valence-electron chi connectivity index (χ0n) is 14.5. The zero-order valence-corrected chi connectivity index (χ0v) is 14.5. The number of guanidine groups is 1. The summed E-state index contributed by atoms with van der Waals surface area (Å²) in [7, 11) is 0. The Kier molecular flexibility index (Phi) is 6.87. The number of nitro groups is 1. The first kappa shape index (κ1) is 18.4. The number of nitrogens with one attached hydrogen (secondary N) is 2. The van der Waals surface area contributed by atoms with Crippen molar-refractivity contribution in [3.8, 4) is 0 Å². The molecule has 0 aliphatic heterocycles. The first-order valence-electron chi connectivity index (χ1n) is 8.26. The van der Waals surface area contributed by atoms with Crippen molar-refractivity contribution >= 4 is 11.6 Å². The number of hydrogen-bond donors (Lipinski definition) is 2. The Morgan fingerprint density at radius 2 is 2.20 bits per heavy atom. The standard InChI is InChI=1S/C16H23N7O2/c1-3-15-21-20-12-22(15)9-8-18-16(17-4-2)19-11-13-6-5-7-14(10-13)23(24)25/h5-7,10,12H,3-4,8-9,11H2,1-2H3,(H2,17,18,19). The van der Waals surface area contributed by atoms with Crippen LogP contribution in [0.3, 0.4) is 0 Å². The number of hydrogen-bond acceptors (Lipinski definition) is 5. The molecule has 2 aromatic rings. The lowest BCUT2D eigenvalue weighted by atomic mass is 10.2. The normalized spacial score (nSPS) is 11.4. The third-order valence-corrected chi connectivity index (χ3v) is 3.54. The molecule has 25 heavy (non-hydrogen) atoms. The molecule has 0 atom stereocenters. The second-order valence-corrected chi connectivity index (χ2v) is 5.34. The highest BCUT2D eigenvalue weighted by molar-refractivity contribution is 5.79. The van der Waals surface area contributed by atoms with Gasteiger partial charge in [-0.1, -0.05) is 19.1 Å². The molecule has 1 aromatic heterocycles. The largest absolute Gasteiger partial charge is 0.357 e. The van der Waals surface area contributed by atoms with Gasteiger partial charge in [0.05, 0.1) is 11.5 Å². The second kappa shape index (κ2) is 9.36. The fourth-order valence-electron chi connectivity index (χ4n) is 2.31. The molecule has 1 aromatic carbocycles. The van der Waals surface area contributed by atoms with E-state index in [4.69, 9.17) is 0 Å².